The van der Waals surface area contributed by atoms with Crippen LogP contribution in [0, 0.1) is 0 Å². The zero-order valence-corrected chi connectivity index (χ0v) is 15.8. The number of nitrogens with zero attached hydrogens (tertiary/aromatic N) is 5. The van der Waals surface area contributed by atoms with Gasteiger partial charge in [0.05, 0.1) is 37.3 Å². The van der Waals surface area contributed by atoms with Crippen LogP contribution in [-0.4, -0.2) is 69.7 Å². The number of carbonyl (C=O) groups is 1. The second kappa shape index (κ2) is 8.90. The number of hydrogen-bond acceptors (Lipinski definition) is 6. The molecular formula is C20H24N6O2. The van der Waals surface area contributed by atoms with Gasteiger partial charge in [0, 0.05) is 32.0 Å². The molecule has 0 aliphatic carbocycles. The maximum absolute atomic E-state index is 12.4. The van der Waals surface area contributed by atoms with Crippen molar-refractivity contribution in [2.75, 3.05) is 39.4 Å². The molecular weight excluding hydrogens is 356 g/mol. The number of aromatic nitrogens is 4. The third kappa shape index (κ3) is 4.52. The molecule has 1 aliphatic rings. The average Bonchev–Trinajstić information content (AvgIpc) is 3.14. The van der Waals surface area contributed by atoms with Gasteiger partial charge in [-0.05, 0) is 31.2 Å². The first kappa shape index (κ1) is 18.5. The number of rotatable bonds is 7. The Morgan fingerprint density at radius 3 is 2.89 bits per heavy atom. The van der Waals surface area contributed by atoms with Gasteiger partial charge in [0.2, 0.25) is 0 Å². The van der Waals surface area contributed by atoms with Gasteiger partial charge in [-0.2, -0.15) is 0 Å². The van der Waals surface area contributed by atoms with Crippen LogP contribution < -0.4 is 5.32 Å². The highest BCUT2D eigenvalue weighted by atomic mass is 16.5. The molecule has 1 fully saturated rings. The predicted octanol–water partition coefficient (Wildman–Crippen LogP) is 1.33. The molecule has 1 amide bonds. The summed E-state index contributed by atoms with van der Waals surface area (Å²) in [5.74, 6) is -0.115. The minimum absolute atomic E-state index is 0.115. The molecule has 28 heavy (non-hydrogen) atoms. The average molecular weight is 380 g/mol. The third-order valence-electron chi connectivity index (χ3n) is 4.82. The highest BCUT2D eigenvalue weighted by molar-refractivity contribution is 5.96. The number of nitrogens with one attached hydrogen (secondary N) is 1. The molecule has 0 spiro atoms. The summed E-state index contributed by atoms with van der Waals surface area (Å²) in [7, 11) is 0. The normalized spacial score (nSPS) is 15.0. The maximum Gasteiger partial charge on any atom is 0.252 e. The Hall–Kier alpha value is -2.84. The van der Waals surface area contributed by atoms with Gasteiger partial charge >= 0.3 is 0 Å². The zero-order valence-electron chi connectivity index (χ0n) is 15.8. The number of pyridine rings is 2. The first-order valence-corrected chi connectivity index (χ1v) is 9.59. The van der Waals surface area contributed by atoms with Crippen LogP contribution in [0.3, 0.4) is 0 Å². The summed E-state index contributed by atoms with van der Waals surface area (Å²) < 4.78 is 7.27. The van der Waals surface area contributed by atoms with E-state index in [1.54, 1.807) is 24.8 Å². The molecule has 1 saturated heterocycles. The van der Waals surface area contributed by atoms with Crippen LogP contribution in [0.15, 0.2) is 43.0 Å². The van der Waals surface area contributed by atoms with E-state index in [0.717, 1.165) is 50.6 Å². The smallest absolute Gasteiger partial charge is 0.252 e. The van der Waals surface area contributed by atoms with Crippen molar-refractivity contribution in [1.82, 2.24) is 29.7 Å². The Morgan fingerprint density at radius 2 is 2.07 bits per heavy atom. The van der Waals surface area contributed by atoms with E-state index >= 15 is 0 Å². The number of hydrogen-bond donors (Lipinski definition) is 1. The van der Waals surface area contributed by atoms with Crippen LogP contribution in [-0.2, 0) is 11.3 Å². The molecule has 0 unspecified atom stereocenters. The van der Waals surface area contributed by atoms with Gasteiger partial charge in [0.1, 0.15) is 5.52 Å². The minimum Gasteiger partial charge on any atom is -0.379 e. The van der Waals surface area contributed by atoms with Gasteiger partial charge in [-0.3, -0.25) is 14.7 Å². The summed E-state index contributed by atoms with van der Waals surface area (Å²) in [6, 6.07) is 7.59. The molecule has 1 N–H and O–H groups in total. The lowest BCUT2D eigenvalue weighted by Crippen LogP contribution is -2.38. The number of imidazole rings is 1. The van der Waals surface area contributed by atoms with E-state index in [2.05, 4.69) is 25.2 Å². The number of carbonyl (C=O) groups excluding carboxylic acids is 1. The van der Waals surface area contributed by atoms with E-state index in [9.17, 15) is 4.79 Å². The molecule has 8 heteroatoms. The van der Waals surface area contributed by atoms with E-state index in [4.69, 9.17) is 4.74 Å². The maximum atomic E-state index is 12.4. The molecule has 3 aromatic rings. The summed E-state index contributed by atoms with van der Waals surface area (Å²) in [4.78, 5) is 27.9. The topological polar surface area (TPSA) is 85.2 Å². The molecule has 4 rings (SSSR count). The van der Waals surface area contributed by atoms with Crippen molar-refractivity contribution in [3.63, 3.8) is 0 Å². The Kier molecular flexibility index (Phi) is 5.89. The Balaban J connectivity index is 1.33. The van der Waals surface area contributed by atoms with Gasteiger partial charge in [-0.25, -0.2) is 9.97 Å². The highest BCUT2D eigenvalue weighted by Gasteiger charge is 2.12. The molecule has 0 radical (unpaired) electrons. The Morgan fingerprint density at radius 1 is 1.18 bits per heavy atom. The highest BCUT2D eigenvalue weighted by Crippen LogP contribution is 2.13. The molecule has 0 aromatic carbocycles. The third-order valence-corrected chi connectivity index (χ3v) is 4.82. The number of ether oxygens (including phenoxy) is 1. The largest absolute Gasteiger partial charge is 0.379 e. The van der Waals surface area contributed by atoms with Gasteiger partial charge < -0.3 is 14.6 Å². The molecule has 4 heterocycles. The fourth-order valence-electron chi connectivity index (χ4n) is 3.29. The fourth-order valence-corrected chi connectivity index (χ4v) is 3.29. The molecule has 3 aromatic heterocycles. The van der Waals surface area contributed by atoms with E-state index in [1.807, 2.05) is 22.8 Å². The van der Waals surface area contributed by atoms with Gasteiger partial charge in [-0.1, -0.05) is 6.07 Å². The van der Waals surface area contributed by atoms with Crippen LogP contribution >= 0.6 is 0 Å². The SMILES string of the molecule is O=C(NCCCN1CCOCC1)c1cnc2c(c1)ncn2Cc1ccccn1. The lowest BCUT2D eigenvalue weighted by atomic mass is 10.2. The lowest BCUT2D eigenvalue weighted by Gasteiger charge is -2.26. The van der Waals surface area contributed by atoms with E-state index in [-0.39, 0.29) is 5.91 Å². The summed E-state index contributed by atoms with van der Waals surface area (Å²) in [5, 5.41) is 2.97. The van der Waals surface area contributed by atoms with Crippen molar-refractivity contribution in [1.29, 1.82) is 0 Å². The number of fused-ring (bicyclic) bond motifs is 1. The van der Waals surface area contributed by atoms with Crippen molar-refractivity contribution < 1.29 is 9.53 Å². The van der Waals surface area contributed by atoms with Crippen molar-refractivity contribution in [2.45, 2.75) is 13.0 Å². The fraction of sp³-hybridized carbons (Fsp3) is 0.400. The summed E-state index contributed by atoms with van der Waals surface area (Å²) in [6.07, 6.45) is 6.02. The predicted molar refractivity (Wildman–Crippen MR) is 105 cm³/mol. The Labute approximate surface area is 163 Å². The van der Waals surface area contributed by atoms with Crippen molar-refractivity contribution in [2.24, 2.45) is 0 Å². The number of amides is 1. The molecule has 146 valence electrons. The first-order valence-electron chi connectivity index (χ1n) is 9.59. The Bertz CT molecular complexity index is 921. The second-order valence-corrected chi connectivity index (χ2v) is 6.82. The molecule has 8 nitrogen and oxygen atoms in total. The summed E-state index contributed by atoms with van der Waals surface area (Å²) >= 11 is 0. The molecule has 0 saturated carbocycles. The van der Waals surface area contributed by atoms with Crippen LogP contribution in [0.25, 0.3) is 11.2 Å². The monoisotopic (exact) mass is 380 g/mol. The van der Waals surface area contributed by atoms with Gasteiger partial charge in [0.25, 0.3) is 5.91 Å². The standard InChI is InChI=1S/C20H24N6O2/c27-20(22-6-3-7-25-8-10-28-11-9-25)16-12-18-19(23-13-16)26(15-24-18)14-17-4-1-2-5-21-17/h1-2,4-5,12-13,15H,3,6-11,14H2,(H,22,27). The van der Waals surface area contributed by atoms with E-state index in [1.165, 1.54) is 0 Å². The minimum atomic E-state index is -0.115. The van der Waals surface area contributed by atoms with E-state index < -0.39 is 0 Å². The lowest BCUT2D eigenvalue weighted by molar-refractivity contribution is 0.0374. The summed E-state index contributed by atoms with van der Waals surface area (Å²) in [6.45, 7) is 5.74. The van der Waals surface area contributed by atoms with Crippen molar-refractivity contribution in [3.05, 3.63) is 54.2 Å². The number of morpholine rings is 1. The van der Waals surface area contributed by atoms with E-state index in [0.29, 0.717) is 24.2 Å². The van der Waals surface area contributed by atoms with Crippen molar-refractivity contribution in [3.8, 4) is 0 Å². The summed E-state index contributed by atoms with van der Waals surface area (Å²) in [5.41, 5.74) is 2.92. The van der Waals surface area contributed by atoms with Gasteiger partial charge in [0.15, 0.2) is 5.65 Å². The first-order chi connectivity index (χ1) is 13.8. The second-order valence-electron chi connectivity index (χ2n) is 6.82. The van der Waals surface area contributed by atoms with Crippen LogP contribution in [0.5, 0.6) is 0 Å². The van der Waals surface area contributed by atoms with Crippen LogP contribution in [0.4, 0.5) is 0 Å². The molecule has 0 atom stereocenters. The molecule has 0 bridgehead atoms. The molecule has 1 aliphatic heterocycles. The van der Waals surface area contributed by atoms with Crippen LogP contribution in [0.1, 0.15) is 22.5 Å². The van der Waals surface area contributed by atoms with Gasteiger partial charge in [-0.15, -0.1) is 0 Å². The quantitative estimate of drug-likeness (QED) is 0.623. The zero-order chi connectivity index (χ0) is 19.2. The van der Waals surface area contributed by atoms with Crippen molar-refractivity contribution >= 4 is 17.1 Å². The van der Waals surface area contributed by atoms with Crippen LogP contribution in [0.2, 0.25) is 0 Å².